The lowest BCUT2D eigenvalue weighted by atomic mass is 10.0. The zero-order valence-corrected chi connectivity index (χ0v) is 9.92. The van der Waals surface area contributed by atoms with E-state index in [1.165, 1.54) is 0 Å². The van der Waals surface area contributed by atoms with Crippen molar-refractivity contribution in [2.24, 2.45) is 5.73 Å². The Morgan fingerprint density at radius 2 is 2.11 bits per heavy atom. The summed E-state index contributed by atoms with van der Waals surface area (Å²) in [4.78, 5) is 22.9. The lowest BCUT2D eigenvalue weighted by Gasteiger charge is -2.09. The molecule has 6 heteroatoms. The van der Waals surface area contributed by atoms with Crippen molar-refractivity contribution in [2.45, 2.75) is 0 Å². The minimum absolute atomic E-state index is 0.349. The standard InChI is InChI=1S/C13H11N5O/c14-8-3-1-2-7(13(15)19)12(8)10-4-9-11(5-16-10)18-6-17-9/h1-6H,14H2,(H2,15,19)(H,17,18). The molecule has 1 aromatic carbocycles. The molecule has 0 unspecified atom stereocenters. The van der Waals surface area contributed by atoms with Gasteiger partial charge in [-0.1, -0.05) is 6.07 Å². The summed E-state index contributed by atoms with van der Waals surface area (Å²) in [6.07, 6.45) is 3.23. The maximum atomic E-state index is 11.5. The van der Waals surface area contributed by atoms with Gasteiger partial charge in [0.1, 0.15) is 0 Å². The molecular weight excluding hydrogens is 242 g/mol. The van der Waals surface area contributed by atoms with Crippen LogP contribution in [0.2, 0.25) is 0 Å². The second-order valence-corrected chi connectivity index (χ2v) is 4.12. The molecule has 3 rings (SSSR count). The number of imidazole rings is 1. The van der Waals surface area contributed by atoms with Gasteiger partial charge in [0, 0.05) is 11.3 Å². The largest absolute Gasteiger partial charge is 0.398 e. The number of hydrogen-bond donors (Lipinski definition) is 3. The van der Waals surface area contributed by atoms with Crippen LogP contribution < -0.4 is 11.5 Å². The number of nitrogen functional groups attached to an aromatic ring is 1. The fourth-order valence-corrected chi connectivity index (χ4v) is 2.03. The van der Waals surface area contributed by atoms with Gasteiger partial charge in [0.05, 0.1) is 34.8 Å². The van der Waals surface area contributed by atoms with E-state index in [9.17, 15) is 4.79 Å². The number of amides is 1. The van der Waals surface area contributed by atoms with Crippen molar-refractivity contribution in [1.29, 1.82) is 0 Å². The third-order valence-corrected chi connectivity index (χ3v) is 2.92. The Kier molecular flexibility index (Phi) is 2.42. The van der Waals surface area contributed by atoms with Crippen LogP contribution in [0.25, 0.3) is 22.3 Å². The summed E-state index contributed by atoms with van der Waals surface area (Å²) in [6.45, 7) is 0. The number of benzene rings is 1. The molecule has 0 aliphatic carbocycles. The monoisotopic (exact) mass is 253 g/mol. The summed E-state index contributed by atoms with van der Waals surface area (Å²) in [5.41, 5.74) is 14.8. The Hall–Kier alpha value is -2.89. The molecule has 2 aromatic heterocycles. The van der Waals surface area contributed by atoms with Crippen LogP contribution in [0.1, 0.15) is 10.4 Å². The van der Waals surface area contributed by atoms with Gasteiger partial charge in [-0.25, -0.2) is 4.98 Å². The van der Waals surface area contributed by atoms with E-state index in [1.54, 1.807) is 36.8 Å². The number of pyridine rings is 1. The van der Waals surface area contributed by atoms with Crippen molar-refractivity contribution < 1.29 is 4.79 Å². The van der Waals surface area contributed by atoms with Crippen LogP contribution >= 0.6 is 0 Å². The highest BCUT2D eigenvalue weighted by molar-refractivity contribution is 6.02. The van der Waals surface area contributed by atoms with Gasteiger partial charge in [0.25, 0.3) is 0 Å². The van der Waals surface area contributed by atoms with Crippen LogP contribution in [-0.4, -0.2) is 20.9 Å². The molecule has 0 atom stereocenters. The molecule has 0 fully saturated rings. The maximum Gasteiger partial charge on any atom is 0.249 e. The molecular formula is C13H11N5O. The van der Waals surface area contributed by atoms with E-state index in [-0.39, 0.29) is 0 Å². The average Bonchev–Trinajstić information content (AvgIpc) is 2.85. The first-order valence-electron chi connectivity index (χ1n) is 5.64. The van der Waals surface area contributed by atoms with Crippen molar-refractivity contribution in [3.05, 3.63) is 42.4 Å². The zero-order chi connectivity index (χ0) is 13.4. The van der Waals surface area contributed by atoms with Crippen molar-refractivity contribution in [2.75, 3.05) is 5.73 Å². The highest BCUT2D eigenvalue weighted by atomic mass is 16.1. The number of carbonyl (C=O) groups is 1. The number of aromatic amines is 1. The summed E-state index contributed by atoms with van der Waals surface area (Å²) in [5.74, 6) is -0.536. The predicted molar refractivity (Wildman–Crippen MR) is 72.3 cm³/mol. The third-order valence-electron chi connectivity index (χ3n) is 2.92. The van der Waals surface area contributed by atoms with Crippen molar-refractivity contribution in [3.63, 3.8) is 0 Å². The molecule has 2 heterocycles. The highest BCUT2D eigenvalue weighted by Gasteiger charge is 2.14. The number of carbonyl (C=O) groups excluding carboxylic acids is 1. The molecule has 0 spiro atoms. The third kappa shape index (κ3) is 1.79. The van der Waals surface area contributed by atoms with Crippen molar-refractivity contribution in [1.82, 2.24) is 15.0 Å². The number of anilines is 1. The number of nitrogens with one attached hydrogen (secondary N) is 1. The quantitative estimate of drug-likeness (QED) is 0.598. The predicted octanol–water partition coefficient (Wildman–Crippen LogP) is 1.31. The maximum absolute atomic E-state index is 11.5. The molecule has 0 aliphatic rings. The Balaban J connectivity index is 2.28. The average molecular weight is 253 g/mol. The smallest absolute Gasteiger partial charge is 0.249 e. The fraction of sp³-hybridized carbons (Fsp3) is 0. The molecule has 19 heavy (non-hydrogen) atoms. The number of aromatic nitrogens is 3. The minimum Gasteiger partial charge on any atom is -0.398 e. The van der Waals surface area contributed by atoms with Crippen molar-refractivity contribution in [3.8, 4) is 11.3 Å². The molecule has 1 amide bonds. The Morgan fingerprint density at radius 3 is 2.89 bits per heavy atom. The van der Waals surface area contributed by atoms with Crippen LogP contribution in [0.3, 0.4) is 0 Å². The van der Waals surface area contributed by atoms with Gasteiger partial charge in [-0.2, -0.15) is 0 Å². The summed E-state index contributed by atoms with van der Waals surface area (Å²) in [6, 6.07) is 6.79. The molecule has 0 saturated carbocycles. The second-order valence-electron chi connectivity index (χ2n) is 4.12. The Bertz CT molecular complexity index is 778. The van der Waals surface area contributed by atoms with Crippen LogP contribution in [0.4, 0.5) is 5.69 Å². The van der Waals surface area contributed by atoms with Crippen LogP contribution in [0.15, 0.2) is 36.8 Å². The highest BCUT2D eigenvalue weighted by Crippen LogP contribution is 2.29. The number of hydrogen-bond acceptors (Lipinski definition) is 4. The van der Waals surface area contributed by atoms with E-state index in [0.717, 1.165) is 11.0 Å². The summed E-state index contributed by atoms with van der Waals surface area (Å²) >= 11 is 0. The number of rotatable bonds is 2. The fourth-order valence-electron chi connectivity index (χ4n) is 2.03. The minimum atomic E-state index is -0.536. The van der Waals surface area contributed by atoms with E-state index in [2.05, 4.69) is 15.0 Å². The Labute approximate surface area is 108 Å². The van der Waals surface area contributed by atoms with E-state index in [0.29, 0.717) is 22.5 Å². The SMILES string of the molecule is NC(=O)c1cccc(N)c1-c1cc2nc[nH]c2cn1. The molecule has 0 bridgehead atoms. The first-order valence-corrected chi connectivity index (χ1v) is 5.64. The van der Waals surface area contributed by atoms with Gasteiger partial charge in [0.2, 0.25) is 5.91 Å². The topological polar surface area (TPSA) is 111 Å². The molecule has 0 aliphatic heterocycles. The zero-order valence-electron chi connectivity index (χ0n) is 9.92. The number of primary amides is 1. The molecule has 94 valence electrons. The van der Waals surface area contributed by atoms with Gasteiger partial charge in [-0.15, -0.1) is 0 Å². The van der Waals surface area contributed by atoms with Crippen LogP contribution in [0, 0.1) is 0 Å². The number of fused-ring (bicyclic) bond motifs is 1. The van der Waals surface area contributed by atoms with Gasteiger partial charge in [-0.3, -0.25) is 9.78 Å². The lowest BCUT2D eigenvalue weighted by Crippen LogP contribution is -2.13. The Morgan fingerprint density at radius 1 is 1.26 bits per heavy atom. The van der Waals surface area contributed by atoms with Gasteiger partial charge in [-0.05, 0) is 18.2 Å². The molecule has 3 aromatic rings. The molecule has 0 radical (unpaired) electrons. The summed E-state index contributed by atoms with van der Waals surface area (Å²) in [5, 5.41) is 0. The second kappa shape index (κ2) is 4.09. The van der Waals surface area contributed by atoms with Crippen molar-refractivity contribution >= 4 is 22.6 Å². The number of nitrogens with zero attached hydrogens (tertiary/aromatic N) is 2. The first-order chi connectivity index (χ1) is 9.16. The lowest BCUT2D eigenvalue weighted by molar-refractivity contribution is 0.100. The summed E-state index contributed by atoms with van der Waals surface area (Å²) in [7, 11) is 0. The number of H-pyrrole nitrogens is 1. The van der Waals surface area contributed by atoms with Crippen LogP contribution in [0.5, 0.6) is 0 Å². The first kappa shape index (κ1) is 11.2. The van der Waals surface area contributed by atoms with Gasteiger partial charge < -0.3 is 16.5 Å². The normalized spacial score (nSPS) is 10.7. The van der Waals surface area contributed by atoms with E-state index >= 15 is 0 Å². The van der Waals surface area contributed by atoms with Crippen LogP contribution in [-0.2, 0) is 0 Å². The van der Waals surface area contributed by atoms with E-state index in [1.807, 2.05) is 0 Å². The molecule has 5 N–H and O–H groups in total. The number of nitrogens with two attached hydrogens (primary N) is 2. The van der Waals surface area contributed by atoms with Gasteiger partial charge >= 0.3 is 0 Å². The summed E-state index contributed by atoms with van der Waals surface area (Å²) < 4.78 is 0. The van der Waals surface area contributed by atoms with E-state index < -0.39 is 5.91 Å². The van der Waals surface area contributed by atoms with E-state index in [4.69, 9.17) is 11.5 Å². The van der Waals surface area contributed by atoms with Gasteiger partial charge in [0.15, 0.2) is 0 Å². The molecule has 0 saturated heterocycles. The molecule has 6 nitrogen and oxygen atoms in total.